The van der Waals surface area contributed by atoms with E-state index in [2.05, 4.69) is 5.09 Å². The molecule has 0 radical (unpaired) electrons. The molecule has 1 heterocycles. The molecule has 7 heteroatoms. The molecule has 0 bridgehead atoms. The lowest BCUT2D eigenvalue weighted by Gasteiger charge is -2.24. The average molecular weight is 418 g/mol. The summed E-state index contributed by atoms with van der Waals surface area (Å²) in [5, 5.41) is 14.3. The van der Waals surface area contributed by atoms with Crippen molar-refractivity contribution in [3.63, 3.8) is 0 Å². The van der Waals surface area contributed by atoms with Gasteiger partial charge >= 0.3 is 0 Å². The number of hydrogen-bond acceptors (Lipinski definition) is 4. The maximum atomic E-state index is 13.8. The van der Waals surface area contributed by atoms with Gasteiger partial charge in [0.1, 0.15) is 11.5 Å². The molecular weight excluding hydrogens is 399 g/mol. The maximum Gasteiger partial charge on any atom is 0.274 e. The molecule has 0 aromatic heterocycles. The smallest absolute Gasteiger partial charge is 0.274 e. The molecule has 0 spiro atoms. The number of nitrogens with zero attached hydrogens (tertiary/aromatic N) is 1. The second kappa shape index (κ2) is 8.01. The van der Waals surface area contributed by atoms with Crippen molar-refractivity contribution in [1.29, 1.82) is 0 Å². The Bertz CT molecular complexity index is 1140. The first-order chi connectivity index (χ1) is 14.4. The Kier molecular flexibility index (Phi) is 5.25. The van der Waals surface area contributed by atoms with Gasteiger partial charge in [-0.15, -0.1) is 0 Å². The van der Waals surface area contributed by atoms with E-state index in [1.54, 1.807) is 30.7 Å². The Morgan fingerprint density at radius 1 is 0.867 bits per heavy atom. The maximum absolute atomic E-state index is 13.8. The number of nitrogens with one attached hydrogen (secondary N) is 1. The van der Waals surface area contributed by atoms with Crippen LogP contribution in [-0.2, 0) is 9.30 Å². The second-order valence-electron chi connectivity index (χ2n) is 6.90. The van der Waals surface area contributed by atoms with Gasteiger partial charge in [-0.05, 0) is 13.0 Å². The van der Waals surface area contributed by atoms with Crippen LogP contribution in [0.15, 0.2) is 90.5 Å². The van der Waals surface area contributed by atoms with Crippen LogP contribution < -0.4 is 5.09 Å². The van der Waals surface area contributed by atoms with Crippen LogP contribution in [0.1, 0.15) is 16.7 Å². The molecule has 0 saturated heterocycles. The van der Waals surface area contributed by atoms with Crippen molar-refractivity contribution in [2.75, 3.05) is 5.09 Å². The van der Waals surface area contributed by atoms with Crippen LogP contribution in [0.4, 0.5) is 11.4 Å². The van der Waals surface area contributed by atoms with Crippen LogP contribution in [0.2, 0.25) is 0 Å². The number of anilines is 1. The summed E-state index contributed by atoms with van der Waals surface area (Å²) in [7, 11) is -3.27. The Hall–Kier alpha value is -3.63. The van der Waals surface area contributed by atoms with Crippen molar-refractivity contribution in [3.8, 4) is 0 Å². The van der Waals surface area contributed by atoms with Crippen LogP contribution in [0.25, 0.3) is 11.5 Å². The number of hydrogen-bond donors (Lipinski definition) is 1. The minimum Gasteiger partial charge on any atom is -0.456 e. The van der Waals surface area contributed by atoms with E-state index in [1.165, 1.54) is 6.07 Å². The zero-order chi connectivity index (χ0) is 21.1. The number of benzene rings is 3. The Labute approximate surface area is 174 Å². The number of ether oxygens (including phenoxy) is 1. The highest BCUT2D eigenvalue weighted by molar-refractivity contribution is 7.72. The minimum atomic E-state index is -3.27. The van der Waals surface area contributed by atoms with Crippen molar-refractivity contribution in [1.82, 2.24) is 0 Å². The highest BCUT2D eigenvalue weighted by atomic mass is 31.2. The van der Waals surface area contributed by atoms with E-state index in [9.17, 15) is 14.7 Å². The number of nitro benzene ring substituents is 1. The molecule has 0 amide bonds. The molecule has 150 valence electrons. The molecule has 30 heavy (non-hydrogen) atoms. The quantitative estimate of drug-likeness (QED) is 0.286. The van der Waals surface area contributed by atoms with Gasteiger partial charge in [0.25, 0.3) is 5.69 Å². The third-order valence-electron chi connectivity index (χ3n) is 4.66. The molecule has 1 aliphatic heterocycles. The average Bonchev–Trinajstić information content (AvgIpc) is 2.75. The molecule has 0 aliphatic carbocycles. The van der Waals surface area contributed by atoms with E-state index in [0.29, 0.717) is 22.8 Å². The van der Waals surface area contributed by atoms with Crippen LogP contribution in [0, 0.1) is 17.0 Å². The first-order valence-corrected chi connectivity index (χ1v) is 11.2. The zero-order valence-electron chi connectivity index (χ0n) is 16.2. The van der Waals surface area contributed by atoms with Crippen molar-refractivity contribution in [3.05, 3.63) is 117 Å². The summed E-state index contributed by atoms with van der Waals surface area (Å²) in [5.74, 6) is 4.05. The number of rotatable bonds is 5. The Balaban J connectivity index is 1.78. The van der Waals surface area contributed by atoms with Gasteiger partial charge in [0, 0.05) is 40.1 Å². The Morgan fingerprint density at radius 3 is 1.90 bits per heavy atom. The fraction of sp³-hybridized carbons (Fsp3) is 0.0435. The summed E-state index contributed by atoms with van der Waals surface area (Å²) < 4.78 is 19.9. The van der Waals surface area contributed by atoms with E-state index >= 15 is 0 Å². The van der Waals surface area contributed by atoms with Crippen LogP contribution in [-0.4, -0.2) is 4.92 Å². The van der Waals surface area contributed by atoms with Crippen molar-refractivity contribution in [2.24, 2.45) is 0 Å². The molecule has 3 aromatic rings. The predicted molar refractivity (Wildman–Crippen MR) is 119 cm³/mol. The first kappa shape index (κ1) is 19.7. The topological polar surface area (TPSA) is 81.5 Å². The molecule has 0 atom stereocenters. The third kappa shape index (κ3) is 4.19. The van der Waals surface area contributed by atoms with E-state index < -0.39 is 12.2 Å². The third-order valence-corrected chi connectivity index (χ3v) is 6.51. The van der Waals surface area contributed by atoms with Gasteiger partial charge in [0.15, 0.2) is 0 Å². The lowest BCUT2D eigenvalue weighted by Crippen LogP contribution is -2.03. The standard InChI is InChI=1S/C23H19N2O4P/c1-17-12-13-20(14-21(17)25(26)27)24-30(28)15-22(18-8-4-2-5-9-18)29-23(16-30)19-10-6-3-7-11-19/h2-16H,1H3,(H,24,28). The summed E-state index contributed by atoms with van der Waals surface area (Å²) in [5.41, 5.74) is 2.49. The summed E-state index contributed by atoms with van der Waals surface area (Å²) in [6.07, 6.45) is 0. The van der Waals surface area contributed by atoms with E-state index in [4.69, 9.17) is 4.74 Å². The van der Waals surface area contributed by atoms with Crippen molar-refractivity contribution >= 4 is 30.2 Å². The summed E-state index contributed by atoms with van der Waals surface area (Å²) in [6.45, 7) is 1.67. The monoisotopic (exact) mass is 418 g/mol. The van der Waals surface area contributed by atoms with E-state index in [0.717, 1.165) is 11.1 Å². The molecular formula is C23H19N2O4P. The summed E-state index contributed by atoms with van der Waals surface area (Å²) >= 11 is 0. The second-order valence-corrected chi connectivity index (χ2v) is 9.06. The van der Waals surface area contributed by atoms with Gasteiger partial charge < -0.3 is 9.82 Å². The molecule has 0 unspecified atom stereocenters. The first-order valence-electron chi connectivity index (χ1n) is 9.31. The van der Waals surface area contributed by atoms with Gasteiger partial charge in [-0.3, -0.25) is 14.7 Å². The highest BCUT2D eigenvalue weighted by Gasteiger charge is 2.27. The van der Waals surface area contributed by atoms with Gasteiger partial charge in [0.2, 0.25) is 7.29 Å². The van der Waals surface area contributed by atoms with E-state index in [-0.39, 0.29) is 5.69 Å². The fourth-order valence-corrected chi connectivity index (χ4v) is 5.02. The summed E-state index contributed by atoms with van der Waals surface area (Å²) in [4.78, 5) is 10.8. The fourth-order valence-electron chi connectivity index (χ4n) is 3.17. The number of aryl methyl sites for hydroxylation is 1. The number of nitro groups is 1. The molecule has 3 aromatic carbocycles. The van der Waals surface area contributed by atoms with Gasteiger partial charge in [-0.2, -0.15) is 0 Å². The molecule has 0 fully saturated rings. The highest BCUT2D eigenvalue weighted by Crippen LogP contribution is 2.56. The summed E-state index contributed by atoms with van der Waals surface area (Å²) in [6, 6.07) is 23.5. The van der Waals surface area contributed by atoms with E-state index in [1.807, 2.05) is 60.7 Å². The van der Waals surface area contributed by atoms with Gasteiger partial charge in [-0.1, -0.05) is 66.7 Å². The minimum absolute atomic E-state index is 0.0283. The van der Waals surface area contributed by atoms with Gasteiger partial charge in [0.05, 0.1) is 4.92 Å². The lowest BCUT2D eigenvalue weighted by atomic mass is 10.2. The SMILES string of the molecule is Cc1ccc(NP2(=O)C=C(c3ccccc3)OC(c3ccccc3)=C2)cc1[N+](=O)[O-]. The predicted octanol–water partition coefficient (Wildman–Crippen LogP) is 6.62. The van der Waals surface area contributed by atoms with Crippen LogP contribution >= 0.6 is 7.29 Å². The molecule has 1 N–H and O–H groups in total. The molecule has 1 aliphatic rings. The van der Waals surface area contributed by atoms with Crippen molar-refractivity contribution in [2.45, 2.75) is 6.92 Å². The molecule has 0 saturated carbocycles. The largest absolute Gasteiger partial charge is 0.456 e. The molecule has 4 rings (SSSR count). The van der Waals surface area contributed by atoms with Crippen LogP contribution in [0.3, 0.4) is 0 Å². The molecule has 6 nitrogen and oxygen atoms in total. The van der Waals surface area contributed by atoms with Crippen LogP contribution in [0.5, 0.6) is 0 Å². The Morgan fingerprint density at radius 2 is 1.40 bits per heavy atom. The lowest BCUT2D eigenvalue weighted by molar-refractivity contribution is -0.385. The normalized spacial score (nSPS) is 14.8. The van der Waals surface area contributed by atoms with Gasteiger partial charge in [-0.25, -0.2) is 0 Å². The van der Waals surface area contributed by atoms with Crippen molar-refractivity contribution < 1.29 is 14.2 Å². The zero-order valence-corrected chi connectivity index (χ0v) is 17.1.